The number of hydrogen-bond acceptors (Lipinski definition) is 4. The van der Waals surface area contributed by atoms with Gasteiger partial charge in [0.2, 0.25) is 0 Å². The fraction of sp³-hybridized carbons (Fsp3) is 0.333. The number of nitrogens with zero attached hydrogens (tertiary/aromatic N) is 2. The van der Waals surface area contributed by atoms with Crippen LogP contribution in [0.5, 0.6) is 0 Å². The SMILES string of the molecule is CCN=C1S/C(=C/c2ccc(SC)cc2)C(=O)N1CC. The first-order valence-electron chi connectivity index (χ1n) is 6.59. The Kier molecular flexibility index (Phi) is 5.31. The second-order valence-corrected chi connectivity index (χ2v) is 6.08. The van der Waals surface area contributed by atoms with E-state index in [-0.39, 0.29) is 5.91 Å². The first kappa shape index (κ1) is 15.2. The van der Waals surface area contributed by atoms with Crippen LogP contribution in [0.2, 0.25) is 0 Å². The zero-order valence-corrected chi connectivity index (χ0v) is 13.6. The van der Waals surface area contributed by atoms with Gasteiger partial charge in [0.15, 0.2) is 5.17 Å². The molecule has 106 valence electrons. The van der Waals surface area contributed by atoms with Crippen LogP contribution in [-0.4, -0.2) is 35.3 Å². The summed E-state index contributed by atoms with van der Waals surface area (Å²) in [4.78, 5) is 20.4. The van der Waals surface area contributed by atoms with E-state index in [9.17, 15) is 4.79 Å². The Morgan fingerprint density at radius 2 is 2.00 bits per heavy atom. The molecule has 2 rings (SSSR count). The van der Waals surface area contributed by atoms with Crippen LogP contribution in [0.1, 0.15) is 19.4 Å². The van der Waals surface area contributed by atoms with Crippen molar-refractivity contribution in [2.45, 2.75) is 18.7 Å². The van der Waals surface area contributed by atoms with Crippen molar-refractivity contribution >= 4 is 40.7 Å². The maximum Gasteiger partial charge on any atom is 0.266 e. The largest absolute Gasteiger partial charge is 0.287 e. The summed E-state index contributed by atoms with van der Waals surface area (Å²) < 4.78 is 0. The Morgan fingerprint density at radius 3 is 2.55 bits per heavy atom. The first-order chi connectivity index (χ1) is 9.69. The van der Waals surface area contributed by atoms with E-state index in [4.69, 9.17) is 0 Å². The highest BCUT2D eigenvalue weighted by molar-refractivity contribution is 8.18. The van der Waals surface area contributed by atoms with Crippen molar-refractivity contribution < 1.29 is 4.79 Å². The average molecular weight is 306 g/mol. The highest BCUT2D eigenvalue weighted by Gasteiger charge is 2.31. The normalized spacial score (nSPS) is 19.4. The number of benzene rings is 1. The van der Waals surface area contributed by atoms with Gasteiger partial charge in [0.05, 0.1) is 4.91 Å². The van der Waals surface area contributed by atoms with Crippen molar-refractivity contribution in [2.24, 2.45) is 4.99 Å². The van der Waals surface area contributed by atoms with E-state index < -0.39 is 0 Å². The molecule has 1 fully saturated rings. The molecule has 1 amide bonds. The van der Waals surface area contributed by atoms with Gasteiger partial charge in [-0.1, -0.05) is 12.1 Å². The van der Waals surface area contributed by atoms with Crippen LogP contribution in [-0.2, 0) is 4.79 Å². The van der Waals surface area contributed by atoms with Crippen molar-refractivity contribution in [3.05, 3.63) is 34.7 Å². The Bertz CT molecular complexity index is 549. The van der Waals surface area contributed by atoms with Gasteiger partial charge in [0.25, 0.3) is 5.91 Å². The number of aliphatic imine (C=N–C) groups is 1. The molecule has 1 aliphatic heterocycles. The van der Waals surface area contributed by atoms with Crippen molar-refractivity contribution in [3.63, 3.8) is 0 Å². The molecule has 0 N–H and O–H groups in total. The number of rotatable bonds is 4. The third-order valence-corrected chi connectivity index (χ3v) is 4.70. The molecule has 3 nitrogen and oxygen atoms in total. The van der Waals surface area contributed by atoms with Crippen LogP contribution in [0.25, 0.3) is 6.08 Å². The molecule has 5 heteroatoms. The highest BCUT2D eigenvalue weighted by Crippen LogP contribution is 2.32. The summed E-state index contributed by atoms with van der Waals surface area (Å²) in [6, 6.07) is 8.22. The van der Waals surface area contributed by atoms with Gasteiger partial charge in [0.1, 0.15) is 0 Å². The first-order valence-corrected chi connectivity index (χ1v) is 8.63. The van der Waals surface area contributed by atoms with Gasteiger partial charge in [-0.3, -0.25) is 14.7 Å². The lowest BCUT2D eigenvalue weighted by atomic mass is 10.2. The van der Waals surface area contributed by atoms with Crippen LogP contribution in [0, 0.1) is 0 Å². The number of carbonyl (C=O) groups is 1. The molecule has 20 heavy (non-hydrogen) atoms. The van der Waals surface area contributed by atoms with Crippen LogP contribution >= 0.6 is 23.5 Å². The van der Waals surface area contributed by atoms with E-state index in [1.54, 1.807) is 16.7 Å². The number of thioether (sulfide) groups is 2. The third kappa shape index (κ3) is 3.27. The minimum Gasteiger partial charge on any atom is -0.287 e. The molecule has 0 saturated carbocycles. The summed E-state index contributed by atoms with van der Waals surface area (Å²) in [5.74, 6) is 0.0543. The average Bonchev–Trinajstić information content (AvgIpc) is 2.76. The zero-order chi connectivity index (χ0) is 14.5. The molecule has 0 aromatic heterocycles. The molecule has 1 heterocycles. The zero-order valence-electron chi connectivity index (χ0n) is 11.9. The molecule has 0 unspecified atom stereocenters. The maximum absolute atomic E-state index is 12.3. The predicted molar refractivity (Wildman–Crippen MR) is 89.2 cm³/mol. The Labute approximate surface area is 128 Å². The van der Waals surface area contributed by atoms with Crippen LogP contribution in [0.15, 0.2) is 39.1 Å². The lowest BCUT2D eigenvalue weighted by Gasteiger charge is -2.11. The number of carbonyl (C=O) groups excluding carboxylic acids is 1. The monoisotopic (exact) mass is 306 g/mol. The second-order valence-electron chi connectivity index (χ2n) is 4.19. The van der Waals surface area contributed by atoms with E-state index in [0.717, 1.165) is 15.6 Å². The molecule has 0 radical (unpaired) electrons. The third-order valence-electron chi connectivity index (χ3n) is 2.91. The van der Waals surface area contributed by atoms with Crippen molar-refractivity contribution in [1.82, 2.24) is 4.90 Å². The van der Waals surface area contributed by atoms with Crippen molar-refractivity contribution in [1.29, 1.82) is 0 Å². The Balaban J connectivity index is 2.25. The van der Waals surface area contributed by atoms with Crippen molar-refractivity contribution in [2.75, 3.05) is 19.3 Å². The van der Waals surface area contributed by atoms with E-state index in [2.05, 4.69) is 23.4 Å². The van der Waals surface area contributed by atoms with Gasteiger partial charge in [-0.15, -0.1) is 11.8 Å². The molecular weight excluding hydrogens is 288 g/mol. The fourth-order valence-corrected chi connectivity index (χ4v) is 3.40. The molecule has 0 atom stereocenters. The van der Waals surface area contributed by atoms with Gasteiger partial charge in [-0.25, -0.2) is 0 Å². The smallest absolute Gasteiger partial charge is 0.266 e. The summed E-state index contributed by atoms with van der Waals surface area (Å²) in [5, 5.41) is 0.812. The van der Waals surface area contributed by atoms with E-state index >= 15 is 0 Å². The summed E-state index contributed by atoms with van der Waals surface area (Å²) in [6.07, 6.45) is 3.99. The predicted octanol–water partition coefficient (Wildman–Crippen LogP) is 3.72. The van der Waals surface area contributed by atoms with Gasteiger partial charge >= 0.3 is 0 Å². The lowest BCUT2D eigenvalue weighted by Crippen LogP contribution is -2.28. The minimum atomic E-state index is 0.0543. The lowest BCUT2D eigenvalue weighted by molar-refractivity contribution is -0.122. The topological polar surface area (TPSA) is 32.7 Å². The molecule has 1 aromatic rings. The van der Waals surface area contributed by atoms with Gasteiger partial charge < -0.3 is 0 Å². The quantitative estimate of drug-likeness (QED) is 0.628. The maximum atomic E-state index is 12.3. The van der Waals surface area contributed by atoms with Crippen LogP contribution < -0.4 is 0 Å². The minimum absolute atomic E-state index is 0.0543. The number of amides is 1. The van der Waals surface area contributed by atoms with E-state index in [1.165, 1.54) is 16.7 Å². The van der Waals surface area contributed by atoms with Gasteiger partial charge in [-0.05, 0) is 55.6 Å². The molecule has 0 bridgehead atoms. The van der Waals surface area contributed by atoms with Gasteiger partial charge in [-0.2, -0.15) is 0 Å². The molecule has 1 aromatic carbocycles. The second kappa shape index (κ2) is 6.99. The summed E-state index contributed by atoms with van der Waals surface area (Å²) in [6.45, 7) is 5.31. The van der Waals surface area contributed by atoms with Gasteiger partial charge in [0, 0.05) is 18.0 Å². The number of likely N-dealkylation sites (N-methyl/N-ethyl adjacent to an activating group) is 1. The highest BCUT2D eigenvalue weighted by atomic mass is 32.2. The Hall–Kier alpha value is -1.20. The van der Waals surface area contributed by atoms with Crippen LogP contribution in [0.4, 0.5) is 0 Å². The van der Waals surface area contributed by atoms with E-state index in [0.29, 0.717) is 13.1 Å². The molecule has 1 saturated heterocycles. The summed E-state index contributed by atoms with van der Waals surface area (Å²) >= 11 is 3.17. The molecule has 1 aliphatic rings. The number of hydrogen-bond donors (Lipinski definition) is 0. The fourth-order valence-electron chi connectivity index (χ4n) is 1.89. The van der Waals surface area contributed by atoms with E-state index in [1.807, 2.05) is 32.1 Å². The Morgan fingerprint density at radius 1 is 1.30 bits per heavy atom. The standard InChI is InChI=1S/C15H18N2OS2/c1-4-16-15-17(5-2)14(18)13(20-15)10-11-6-8-12(19-3)9-7-11/h6-10H,4-5H2,1-3H3/b13-10+,16-15?. The molecule has 0 spiro atoms. The molecule has 0 aliphatic carbocycles. The summed E-state index contributed by atoms with van der Waals surface area (Å²) in [7, 11) is 0. The molecular formula is C15H18N2OS2. The van der Waals surface area contributed by atoms with Crippen LogP contribution in [0.3, 0.4) is 0 Å². The summed E-state index contributed by atoms with van der Waals surface area (Å²) in [5.41, 5.74) is 1.05. The number of amidine groups is 1. The van der Waals surface area contributed by atoms with Crippen molar-refractivity contribution in [3.8, 4) is 0 Å².